The third-order valence-electron chi connectivity index (χ3n) is 4.22. The summed E-state index contributed by atoms with van der Waals surface area (Å²) in [5.41, 5.74) is 3.77. The van der Waals surface area contributed by atoms with Crippen molar-refractivity contribution in [2.45, 2.75) is 66.8 Å². The molecule has 0 atom stereocenters. The third kappa shape index (κ3) is 2.59. The van der Waals surface area contributed by atoms with Gasteiger partial charge in [0.25, 0.3) is 0 Å². The van der Waals surface area contributed by atoms with Crippen LogP contribution in [0.15, 0.2) is 12.1 Å². The Morgan fingerprint density at radius 2 is 1.35 bits per heavy atom. The van der Waals surface area contributed by atoms with E-state index in [-0.39, 0.29) is 0 Å². The highest BCUT2D eigenvalue weighted by Crippen LogP contribution is 2.50. The molecule has 1 fully saturated rings. The van der Waals surface area contributed by atoms with Crippen LogP contribution in [0, 0.1) is 24.7 Å². The Morgan fingerprint density at radius 3 is 1.76 bits per heavy atom. The van der Waals surface area contributed by atoms with Crippen LogP contribution in [0.5, 0.6) is 0 Å². The summed E-state index contributed by atoms with van der Waals surface area (Å²) < 4.78 is 2.56. The first-order chi connectivity index (χ1) is 7.70. The molecule has 1 saturated carbocycles. The zero-order chi connectivity index (χ0) is 12.8. The minimum atomic E-state index is 0.468. The lowest BCUT2D eigenvalue weighted by atomic mass is 9.63. The number of hydrogen-bond acceptors (Lipinski definition) is 0. The van der Waals surface area contributed by atoms with E-state index >= 15 is 0 Å². The Bertz CT molecular complexity index is 374. The van der Waals surface area contributed by atoms with Gasteiger partial charge in [0.2, 0.25) is 0 Å². The van der Waals surface area contributed by atoms with Crippen molar-refractivity contribution in [2.75, 3.05) is 0 Å². The van der Waals surface area contributed by atoms with Crippen LogP contribution in [-0.4, -0.2) is 4.57 Å². The predicted molar refractivity (Wildman–Crippen MR) is 74.4 cm³/mol. The molecule has 0 aromatic carbocycles. The minimum Gasteiger partial charge on any atom is -0.346 e. The van der Waals surface area contributed by atoms with Gasteiger partial charge in [-0.15, -0.1) is 0 Å². The first kappa shape index (κ1) is 12.7. The van der Waals surface area contributed by atoms with E-state index in [9.17, 15) is 0 Å². The molecule has 1 aliphatic carbocycles. The minimum absolute atomic E-state index is 0.468. The molecule has 0 N–H and O–H groups in total. The Kier molecular flexibility index (Phi) is 2.92. The van der Waals surface area contributed by atoms with Crippen molar-refractivity contribution in [3.05, 3.63) is 23.5 Å². The molecule has 0 aliphatic heterocycles. The predicted octanol–water partition coefficient (Wildman–Crippen LogP) is 4.88. The molecule has 1 aliphatic rings. The summed E-state index contributed by atoms with van der Waals surface area (Å²) in [6.07, 6.45) is 3.97. The zero-order valence-electron chi connectivity index (χ0n) is 12.3. The summed E-state index contributed by atoms with van der Waals surface area (Å²) in [4.78, 5) is 0. The highest BCUT2D eigenvalue weighted by molar-refractivity contribution is 5.16. The highest BCUT2D eigenvalue weighted by Gasteiger charge is 2.39. The average Bonchev–Trinajstić information content (AvgIpc) is 2.40. The average molecular weight is 233 g/mol. The first-order valence-electron chi connectivity index (χ1n) is 6.85. The van der Waals surface area contributed by atoms with Crippen LogP contribution in [0.1, 0.15) is 64.4 Å². The van der Waals surface area contributed by atoms with Crippen molar-refractivity contribution in [3.63, 3.8) is 0 Å². The molecule has 1 heterocycles. The fourth-order valence-electron chi connectivity index (χ4n) is 4.23. The topological polar surface area (TPSA) is 4.93 Å². The van der Waals surface area contributed by atoms with E-state index in [1.807, 2.05) is 0 Å². The summed E-state index contributed by atoms with van der Waals surface area (Å²) >= 11 is 0. The van der Waals surface area contributed by atoms with Gasteiger partial charge < -0.3 is 4.57 Å². The van der Waals surface area contributed by atoms with Gasteiger partial charge in [0.05, 0.1) is 0 Å². The van der Waals surface area contributed by atoms with Crippen LogP contribution >= 0.6 is 0 Å². The Hall–Kier alpha value is -0.720. The van der Waals surface area contributed by atoms with E-state index < -0.39 is 0 Å². The number of hydrogen-bond donors (Lipinski definition) is 0. The molecule has 17 heavy (non-hydrogen) atoms. The maximum Gasteiger partial charge on any atom is 0.0345 e. The Labute approximate surface area is 106 Å². The largest absolute Gasteiger partial charge is 0.346 e. The molecule has 0 radical (unpaired) electrons. The van der Waals surface area contributed by atoms with E-state index in [2.05, 4.69) is 58.2 Å². The van der Waals surface area contributed by atoms with Crippen molar-refractivity contribution >= 4 is 0 Å². The van der Waals surface area contributed by atoms with Gasteiger partial charge in [-0.1, -0.05) is 27.7 Å². The van der Waals surface area contributed by atoms with Crippen LogP contribution in [0.25, 0.3) is 0 Å². The Morgan fingerprint density at radius 1 is 0.941 bits per heavy atom. The second kappa shape index (κ2) is 3.90. The smallest absolute Gasteiger partial charge is 0.0345 e. The lowest BCUT2D eigenvalue weighted by Crippen LogP contribution is -2.35. The van der Waals surface area contributed by atoms with E-state index in [1.54, 1.807) is 0 Å². The van der Waals surface area contributed by atoms with Gasteiger partial charge in [0, 0.05) is 17.4 Å². The standard InChI is InChI=1S/C16H27N/c1-12-7-8-13(2)17(12)14-9-15(3,4)11-16(5,6)10-14/h7-8,14H,9-11H2,1-6H3. The summed E-state index contributed by atoms with van der Waals surface area (Å²) in [6, 6.07) is 5.19. The lowest BCUT2D eigenvalue weighted by molar-refractivity contribution is 0.0710. The summed E-state index contributed by atoms with van der Waals surface area (Å²) in [7, 11) is 0. The number of aryl methyl sites for hydroxylation is 2. The van der Waals surface area contributed by atoms with E-state index in [1.165, 1.54) is 30.7 Å². The van der Waals surface area contributed by atoms with Gasteiger partial charge in [-0.05, 0) is 56.1 Å². The molecule has 1 aromatic heterocycles. The van der Waals surface area contributed by atoms with Gasteiger partial charge in [-0.25, -0.2) is 0 Å². The van der Waals surface area contributed by atoms with E-state index in [0.29, 0.717) is 16.9 Å². The maximum absolute atomic E-state index is 2.56. The summed E-state index contributed by atoms with van der Waals surface area (Å²) in [5.74, 6) is 0. The van der Waals surface area contributed by atoms with E-state index in [0.717, 1.165) is 0 Å². The van der Waals surface area contributed by atoms with Crippen LogP contribution in [-0.2, 0) is 0 Å². The normalized spacial score (nSPS) is 23.9. The van der Waals surface area contributed by atoms with Gasteiger partial charge in [0.15, 0.2) is 0 Å². The van der Waals surface area contributed by atoms with Gasteiger partial charge in [-0.2, -0.15) is 0 Å². The summed E-state index contributed by atoms with van der Waals surface area (Å²) in [5, 5.41) is 0. The Balaban J connectivity index is 2.33. The second-order valence-corrected chi connectivity index (χ2v) is 7.55. The summed E-state index contributed by atoms with van der Waals surface area (Å²) in [6.45, 7) is 14.2. The second-order valence-electron chi connectivity index (χ2n) is 7.55. The highest BCUT2D eigenvalue weighted by atomic mass is 15.0. The third-order valence-corrected chi connectivity index (χ3v) is 4.22. The van der Waals surface area contributed by atoms with Crippen molar-refractivity contribution in [3.8, 4) is 0 Å². The molecular formula is C16H27N. The molecule has 0 spiro atoms. The molecule has 0 bridgehead atoms. The molecule has 0 saturated heterocycles. The van der Waals surface area contributed by atoms with Crippen LogP contribution in [0.4, 0.5) is 0 Å². The van der Waals surface area contributed by atoms with Crippen molar-refractivity contribution in [2.24, 2.45) is 10.8 Å². The molecule has 0 unspecified atom stereocenters. The van der Waals surface area contributed by atoms with E-state index in [4.69, 9.17) is 0 Å². The number of rotatable bonds is 1. The quantitative estimate of drug-likeness (QED) is 0.651. The van der Waals surface area contributed by atoms with Crippen molar-refractivity contribution < 1.29 is 0 Å². The maximum atomic E-state index is 2.56. The molecule has 96 valence electrons. The number of nitrogens with zero attached hydrogens (tertiary/aromatic N) is 1. The molecule has 1 nitrogen and oxygen atoms in total. The fraction of sp³-hybridized carbons (Fsp3) is 0.750. The van der Waals surface area contributed by atoms with Gasteiger partial charge in [-0.3, -0.25) is 0 Å². The van der Waals surface area contributed by atoms with Crippen LogP contribution in [0.2, 0.25) is 0 Å². The van der Waals surface area contributed by atoms with Crippen LogP contribution in [0.3, 0.4) is 0 Å². The van der Waals surface area contributed by atoms with Crippen molar-refractivity contribution in [1.82, 2.24) is 4.57 Å². The molecule has 1 aromatic rings. The monoisotopic (exact) mass is 233 g/mol. The molecule has 2 rings (SSSR count). The van der Waals surface area contributed by atoms with Gasteiger partial charge in [0.1, 0.15) is 0 Å². The number of aromatic nitrogens is 1. The zero-order valence-corrected chi connectivity index (χ0v) is 12.3. The molecular weight excluding hydrogens is 206 g/mol. The first-order valence-corrected chi connectivity index (χ1v) is 6.85. The lowest BCUT2D eigenvalue weighted by Gasteiger charge is -2.46. The SMILES string of the molecule is Cc1ccc(C)n1C1CC(C)(C)CC(C)(C)C1. The van der Waals surface area contributed by atoms with Gasteiger partial charge >= 0.3 is 0 Å². The molecule has 0 amide bonds. The van der Waals surface area contributed by atoms with Crippen LogP contribution < -0.4 is 0 Å². The molecule has 1 heteroatoms. The van der Waals surface area contributed by atoms with Crippen molar-refractivity contribution in [1.29, 1.82) is 0 Å². The fourth-order valence-corrected chi connectivity index (χ4v) is 4.23.